The van der Waals surface area contributed by atoms with Crippen LogP contribution in [0.15, 0.2) is 24.5 Å². The Morgan fingerprint density at radius 1 is 1.33 bits per heavy atom. The second-order valence-corrected chi connectivity index (χ2v) is 5.21. The lowest BCUT2D eigenvalue weighted by Gasteiger charge is -2.29. The fourth-order valence-electron chi connectivity index (χ4n) is 3.51. The number of nitrogens with zero attached hydrogens (tertiary/aromatic N) is 2. The van der Waals surface area contributed by atoms with Crippen LogP contribution in [-0.4, -0.2) is 30.0 Å². The Kier molecular flexibility index (Phi) is 2.24. The standard InChI is InChI=1S/C13H18N2/c1-15-8-10-5-12(9-15)13(6-10)11-3-2-4-14-7-11/h2-4,7,10,12-13H,5-6,8-9H2,1H3. The zero-order valence-corrected chi connectivity index (χ0v) is 9.26. The van der Waals surface area contributed by atoms with E-state index in [-0.39, 0.29) is 0 Å². The molecule has 1 saturated heterocycles. The fourth-order valence-corrected chi connectivity index (χ4v) is 3.51. The van der Waals surface area contributed by atoms with Crippen molar-refractivity contribution in [3.05, 3.63) is 30.1 Å². The van der Waals surface area contributed by atoms with Crippen LogP contribution in [0.2, 0.25) is 0 Å². The van der Waals surface area contributed by atoms with Gasteiger partial charge in [-0.25, -0.2) is 0 Å². The van der Waals surface area contributed by atoms with Crippen molar-refractivity contribution in [3.8, 4) is 0 Å². The Labute approximate surface area is 91.3 Å². The summed E-state index contributed by atoms with van der Waals surface area (Å²) in [4.78, 5) is 6.74. The van der Waals surface area contributed by atoms with E-state index in [0.717, 1.165) is 17.8 Å². The van der Waals surface area contributed by atoms with Gasteiger partial charge in [0.2, 0.25) is 0 Å². The van der Waals surface area contributed by atoms with Crippen molar-refractivity contribution in [3.63, 3.8) is 0 Å². The molecule has 15 heavy (non-hydrogen) atoms. The van der Waals surface area contributed by atoms with E-state index in [0.29, 0.717) is 0 Å². The Balaban J connectivity index is 1.84. The van der Waals surface area contributed by atoms with Crippen LogP contribution < -0.4 is 0 Å². The zero-order valence-electron chi connectivity index (χ0n) is 9.26. The lowest BCUT2D eigenvalue weighted by Crippen LogP contribution is -2.33. The fraction of sp³-hybridized carbons (Fsp3) is 0.615. The number of hydrogen-bond acceptors (Lipinski definition) is 2. The van der Waals surface area contributed by atoms with Gasteiger partial charge >= 0.3 is 0 Å². The van der Waals surface area contributed by atoms with Crippen LogP contribution in [0, 0.1) is 11.8 Å². The molecule has 2 heterocycles. The van der Waals surface area contributed by atoms with E-state index < -0.39 is 0 Å². The summed E-state index contributed by atoms with van der Waals surface area (Å²) in [5.41, 5.74) is 1.46. The highest BCUT2D eigenvalue weighted by molar-refractivity contribution is 5.19. The second-order valence-electron chi connectivity index (χ2n) is 5.21. The van der Waals surface area contributed by atoms with Crippen LogP contribution >= 0.6 is 0 Å². The molecule has 1 saturated carbocycles. The van der Waals surface area contributed by atoms with Crippen molar-refractivity contribution >= 4 is 0 Å². The lowest BCUT2D eigenvalue weighted by atomic mass is 9.89. The molecule has 3 rings (SSSR count). The highest BCUT2D eigenvalue weighted by Crippen LogP contribution is 2.45. The maximum atomic E-state index is 4.25. The quantitative estimate of drug-likeness (QED) is 0.693. The van der Waals surface area contributed by atoms with Crippen molar-refractivity contribution in [1.82, 2.24) is 9.88 Å². The molecule has 3 unspecified atom stereocenters. The van der Waals surface area contributed by atoms with Gasteiger partial charge in [0.05, 0.1) is 0 Å². The number of fused-ring (bicyclic) bond motifs is 2. The molecular formula is C13H18N2. The molecule has 0 spiro atoms. The summed E-state index contributed by atoms with van der Waals surface area (Å²) < 4.78 is 0. The van der Waals surface area contributed by atoms with Gasteiger partial charge in [0, 0.05) is 25.5 Å². The first-order valence-electron chi connectivity index (χ1n) is 5.91. The van der Waals surface area contributed by atoms with Crippen molar-refractivity contribution < 1.29 is 0 Å². The third kappa shape index (κ3) is 1.67. The van der Waals surface area contributed by atoms with E-state index in [4.69, 9.17) is 0 Å². The normalized spacial score (nSPS) is 35.7. The number of hydrogen-bond donors (Lipinski definition) is 0. The van der Waals surface area contributed by atoms with Gasteiger partial charge in [-0.05, 0) is 49.3 Å². The van der Waals surface area contributed by atoms with E-state index in [2.05, 4.69) is 35.3 Å². The summed E-state index contributed by atoms with van der Waals surface area (Å²) in [6.45, 7) is 2.57. The van der Waals surface area contributed by atoms with Crippen LogP contribution in [0.25, 0.3) is 0 Å². The first-order valence-corrected chi connectivity index (χ1v) is 5.91. The smallest absolute Gasteiger partial charge is 0.0302 e. The molecule has 0 radical (unpaired) electrons. The highest BCUT2D eigenvalue weighted by Gasteiger charge is 2.39. The first-order chi connectivity index (χ1) is 7.33. The summed E-state index contributed by atoms with van der Waals surface area (Å²) in [6.07, 6.45) is 6.74. The molecule has 2 nitrogen and oxygen atoms in total. The summed E-state index contributed by atoms with van der Waals surface area (Å²) in [7, 11) is 2.25. The van der Waals surface area contributed by atoms with Gasteiger partial charge in [0.15, 0.2) is 0 Å². The van der Waals surface area contributed by atoms with Crippen LogP contribution in [0.1, 0.15) is 24.3 Å². The maximum Gasteiger partial charge on any atom is 0.0302 e. The van der Waals surface area contributed by atoms with Crippen molar-refractivity contribution in [1.29, 1.82) is 0 Å². The molecule has 3 atom stereocenters. The van der Waals surface area contributed by atoms with E-state index in [1.807, 2.05) is 6.20 Å². The summed E-state index contributed by atoms with van der Waals surface area (Å²) >= 11 is 0. The third-order valence-corrected chi connectivity index (χ3v) is 4.02. The van der Waals surface area contributed by atoms with E-state index >= 15 is 0 Å². The largest absolute Gasteiger partial charge is 0.306 e. The van der Waals surface area contributed by atoms with Gasteiger partial charge in [0.1, 0.15) is 0 Å². The zero-order chi connectivity index (χ0) is 10.3. The van der Waals surface area contributed by atoms with Crippen molar-refractivity contribution in [2.75, 3.05) is 20.1 Å². The molecular weight excluding hydrogens is 184 g/mol. The summed E-state index contributed by atoms with van der Waals surface area (Å²) in [5, 5.41) is 0. The van der Waals surface area contributed by atoms with Crippen LogP contribution in [0.4, 0.5) is 0 Å². The number of aromatic nitrogens is 1. The molecule has 1 aliphatic heterocycles. The summed E-state index contributed by atoms with van der Waals surface area (Å²) in [6, 6.07) is 4.32. The number of pyridine rings is 1. The highest BCUT2D eigenvalue weighted by atomic mass is 15.1. The molecule has 1 aliphatic carbocycles. The number of piperidine rings is 1. The van der Waals surface area contributed by atoms with Crippen molar-refractivity contribution in [2.24, 2.45) is 11.8 Å². The topological polar surface area (TPSA) is 16.1 Å². The Bertz CT molecular complexity index is 336. The maximum absolute atomic E-state index is 4.25. The van der Waals surface area contributed by atoms with Gasteiger partial charge < -0.3 is 4.90 Å². The molecule has 2 heteroatoms. The van der Waals surface area contributed by atoms with Gasteiger partial charge in [0.25, 0.3) is 0 Å². The van der Waals surface area contributed by atoms with Gasteiger partial charge in [-0.3, -0.25) is 4.98 Å². The predicted octanol–water partition coefficient (Wildman–Crippen LogP) is 2.14. The molecule has 80 valence electrons. The van der Waals surface area contributed by atoms with Gasteiger partial charge in [-0.15, -0.1) is 0 Å². The van der Waals surface area contributed by atoms with E-state index in [1.165, 1.54) is 31.5 Å². The molecule has 2 aliphatic rings. The predicted molar refractivity (Wildman–Crippen MR) is 60.7 cm³/mol. The van der Waals surface area contributed by atoms with Crippen LogP contribution in [0.5, 0.6) is 0 Å². The average molecular weight is 202 g/mol. The number of rotatable bonds is 1. The first kappa shape index (κ1) is 9.34. The second kappa shape index (κ2) is 3.60. The number of likely N-dealkylation sites (tertiary alicyclic amines) is 1. The Hall–Kier alpha value is -0.890. The van der Waals surface area contributed by atoms with E-state index in [1.54, 1.807) is 0 Å². The van der Waals surface area contributed by atoms with Gasteiger partial charge in [-0.2, -0.15) is 0 Å². The molecule has 0 N–H and O–H groups in total. The molecule has 1 aromatic heterocycles. The molecule has 2 bridgehead atoms. The average Bonchev–Trinajstić information content (AvgIpc) is 2.55. The van der Waals surface area contributed by atoms with Crippen LogP contribution in [0.3, 0.4) is 0 Å². The SMILES string of the molecule is CN1CC2CC(C1)C(c1cccnc1)C2. The lowest BCUT2D eigenvalue weighted by molar-refractivity contribution is 0.199. The molecule has 2 fully saturated rings. The Morgan fingerprint density at radius 2 is 2.27 bits per heavy atom. The third-order valence-electron chi connectivity index (χ3n) is 4.02. The minimum atomic E-state index is 0.772. The Morgan fingerprint density at radius 3 is 3.07 bits per heavy atom. The minimum Gasteiger partial charge on any atom is -0.306 e. The monoisotopic (exact) mass is 202 g/mol. The van der Waals surface area contributed by atoms with Crippen LogP contribution in [-0.2, 0) is 0 Å². The summed E-state index contributed by atoms with van der Waals surface area (Å²) in [5.74, 6) is 2.57. The van der Waals surface area contributed by atoms with Crippen molar-refractivity contribution in [2.45, 2.75) is 18.8 Å². The molecule has 0 aromatic carbocycles. The molecule has 0 amide bonds. The molecule has 1 aromatic rings. The van der Waals surface area contributed by atoms with E-state index in [9.17, 15) is 0 Å². The van der Waals surface area contributed by atoms with Gasteiger partial charge in [-0.1, -0.05) is 6.07 Å². The minimum absolute atomic E-state index is 0.772.